The molecule has 122 valence electrons. The van der Waals surface area contributed by atoms with Crippen LogP contribution >= 0.6 is 0 Å². The molecule has 0 radical (unpaired) electrons. The van der Waals surface area contributed by atoms with Crippen LogP contribution in [0.5, 0.6) is 5.75 Å². The lowest BCUT2D eigenvalue weighted by atomic mass is 9.53. The highest BCUT2D eigenvalue weighted by Crippen LogP contribution is 2.62. The van der Waals surface area contributed by atoms with Gasteiger partial charge in [-0.25, -0.2) is 0 Å². The Morgan fingerprint density at radius 3 is 2.78 bits per heavy atom. The molecule has 0 aromatic heterocycles. The van der Waals surface area contributed by atoms with E-state index in [-0.39, 0.29) is 28.8 Å². The molecule has 23 heavy (non-hydrogen) atoms. The summed E-state index contributed by atoms with van der Waals surface area (Å²) in [7, 11) is 0. The summed E-state index contributed by atoms with van der Waals surface area (Å²) in [6.07, 6.45) is 4.47. The van der Waals surface area contributed by atoms with Crippen molar-refractivity contribution in [3.05, 3.63) is 29.3 Å². The first-order chi connectivity index (χ1) is 10.9. The number of fused-ring (bicyclic) bond motifs is 5. The molecule has 5 atom stereocenters. The Labute approximate surface area is 137 Å². The van der Waals surface area contributed by atoms with Crippen LogP contribution in [0, 0.1) is 23.2 Å². The Morgan fingerprint density at radius 2 is 2.04 bits per heavy atom. The molecule has 0 aliphatic heterocycles. The average molecular weight is 312 g/mol. The molecule has 0 spiro atoms. The number of carbonyl (C=O) groups excluding carboxylic acids is 2. The second-order valence-electron chi connectivity index (χ2n) is 8.06. The lowest BCUT2D eigenvalue weighted by Crippen LogP contribution is -2.47. The lowest BCUT2D eigenvalue weighted by molar-refractivity contribution is -0.135. The third-order valence-electron chi connectivity index (χ3n) is 6.96. The predicted molar refractivity (Wildman–Crippen MR) is 87.3 cm³/mol. The summed E-state index contributed by atoms with van der Waals surface area (Å²) in [5.41, 5.74) is 2.11. The van der Waals surface area contributed by atoms with Crippen molar-refractivity contribution in [2.24, 2.45) is 23.2 Å². The van der Waals surface area contributed by atoms with Crippen LogP contribution in [-0.4, -0.2) is 16.7 Å². The number of hydrogen-bond acceptors (Lipinski definition) is 3. The van der Waals surface area contributed by atoms with Crippen LogP contribution in [0.2, 0.25) is 0 Å². The first kappa shape index (κ1) is 14.9. The minimum atomic E-state index is -0.140. The maximum Gasteiger partial charge on any atom is 0.141 e. The van der Waals surface area contributed by atoms with Crippen molar-refractivity contribution in [1.29, 1.82) is 0 Å². The number of aryl methyl sites for hydroxylation is 1. The van der Waals surface area contributed by atoms with Gasteiger partial charge in [-0.3, -0.25) is 9.59 Å². The zero-order chi connectivity index (χ0) is 16.4. The molecule has 3 nitrogen and oxygen atoms in total. The Kier molecular flexibility index (Phi) is 3.20. The second-order valence-corrected chi connectivity index (χ2v) is 8.06. The second kappa shape index (κ2) is 4.93. The Hall–Kier alpha value is -1.64. The van der Waals surface area contributed by atoms with Crippen molar-refractivity contribution >= 4 is 11.6 Å². The van der Waals surface area contributed by atoms with Gasteiger partial charge in [0.25, 0.3) is 0 Å². The van der Waals surface area contributed by atoms with Gasteiger partial charge in [-0.2, -0.15) is 0 Å². The maximum atomic E-state index is 13.0. The number of hydrogen-bond donors (Lipinski definition) is 1. The van der Waals surface area contributed by atoms with Gasteiger partial charge >= 0.3 is 0 Å². The number of carbonyl (C=O) groups is 2. The smallest absolute Gasteiger partial charge is 0.141 e. The molecule has 1 aromatic carbocycles. The van der Waals surface area contributed by atoms with Crippen LogP contribution < -0.4 is 0 Å². The summed E-state index contributed by atoms with van der Waals surface area (Å²) < 4.78 is 0. The van der Waals surface area contributed by atoms with Gasteiger partial charge in [-0.1, -0.05) is 13.0 Å². The van der Waals surface area contributed by atoms with Crippen LogP contribution in [0.1, 0.15) is 56.6 Å². The highest BCUT2D eigenvalue weighted by atomic mass is 16.3. The fourth-order valence-corrected chi connectivity index (χ4v) is 6.05. The molecular formula is C20H24O3. The molecule has 0 saturated heterocycles. The number of benzene rings is 1. The van der Waals surface area contributed by atoms with Gasteiger partial charge in [0.1, 0.15) is 17.3 Å². The number of phenols is 1. The Balaban J connectivity index is 1.76. The molecule has 0 bridgehead atoms. The fourth-order valence-electron chi connectivity index (χ4n) is 6.05. The molecular weight excluding hydrogens is 288 g/mol. The van der Waals surface area contributed by atoms with Crippen LogP contribution in [0.25, 0.3) is 0 Å². The molecule has 2 saturated carbocycles. The van der Waals surface area contributed by atoms with E-state index in [4.69, 9.17) is 0 Å². The first-order valence-corrected chi connectivity index (χ1v) is 8.77. The summed E-state index contributed by atoms with van der Waals surface area (Å²) in [4.78, 5) is 25.1. The zero-order valence-corrected chi connectivity index (χ0v) is 13.8. The van der Waals surface area contributed by atoms with Crippen LogP contribution in [0.3, 0.4) is 0 Å². The summed E-state index contributed by atoms with van der Waals surface area (Å²) in [6, 6.07) is 5.47. The van der Waals surface area contributed by atoms with E-state index < -0.39 is 0 Å². The number of aromatic hydroxyl groups is 1. The predicted octanol–water partition coefficient (Wildman–Crippen LogP) is 3.63. The van der Waals surface area contributed by atoms with Gasteiger partial charge in [0, 0.05) is 18.3 Å². The number of phenolic OH excluding ortho intramolecular Hbond substituents is 1. The van der Waals surface area contributed by atoms with E-state index in [0.29, 0.717) is 24.0 Å². The van der Waals surface area contributed by atoms with Crippen LogP contribution in [0.15, 0.2) is 18.2 Å². The largest absolute Gasteiger partial charge is 0.508 e. The van der Waals surface area contributed by atoms with Crippen molar-refractivity contribution in [2.75, 3.05) is 0 Å². The molecule has 0 amide bonds. The van der Waals surface area contributed by atoms with E-state index in [0.717, 1.165) is 36.8 Å². The first-order valence-electron chi connectivity index (χ1n) is 8.77. The summed E-state index contributed by atoms with van der Waals surface area (Å²) in [6.45, 7) is 3.87. The van der Waals surface area contributed by atoms with Gasteiger partial charge in [0.05, 0.1) is 0 Å². The lowest BCUT2D eigenvalue weighted by Gasteiger charge is -2.49. The van der Waals surface area contributed by atoms with Crippen LogP contribution in [0.4, 0.5) is 0 Å². The molecule has 1 N–H and O–H groups in total. The van der Waals surface area contributed by atoms with Gasteiger partial charge in [0.15, 0.2) is 0 Å². The average Bonchev–Trinajstić information content (AvgIpc) is 2.83. The molecule has 3 aliphatic rings. The van der Waals surface area contributed by atoms with E-state index in [2.05, 4.69) is 6.92 Å². The highest BCUT2D eigenvalue weighted by molar-refractivity contribution is 5.90. The molecule has 2 fully saturated rings. The van der Waals surface area contributed by atoms with Crippen molar-refractivity contribution in [3.8, 4) is 5.75 Å². The topological polar surface area (TPSA) is 54.4 Å². The standard InChI is InChI=1S/C20H24O3/c1-11(21)16-7-8-17-15-5-3-12-9-13(22)4-6-14(12)19(15)18(23)10-20(16,17)2/h4,6,9,15-17,19,22H,3,5,7-8,10H2,1-2H3/t15?,16-,17?,19?,20-/m1/s1. The quantitative estimate of drug-likeness (QED) is 0.861. The summed E-state index contributed by atoms with van der Waals surface area (Å²) in [5, 5.41) is 9.71. The molecule has 4 rings (SSSR count). The monoisotopic (exact) mass is 312 g/mol. The van der Waals surface area contributed by atoms with Gasteiger partial charge in [-0.15, -0.1) is 0 Å². The minimum Gasteiger partial charge on any atom is -0.508 e. The van der Waals surface area contributed by atoms with Crippen molar-refractivity contribution in [1.82, 2.24) is 0 Å². The maximum absolute atomic E-state index is 13.0. The molecule has 3 heteroatoms. The van der Waals surface area contributed by atoms with Gasteiger partial charge in [0.2, 0.25) is 0 Å². The number of Topliss-reactive ketones (excluding diaryl/α,β-unsaturated/α-hetero) is 2. The van der Waals surface area contributed by atoms with E-state index in [1.165, 1.54) is 0 Å². The normalized spacial score (nSPS) is 38.6. The van der Waals surface area contributed by atoms with E-state index >= 15 is 0 Å². The molecule has 3 aliphatic carbocycles. The van der Waals surface area contributed by atoms with E-state index in [9.17, 15) is 14.7 Å². The van der Waals surface area contributed by atoms with E-state index in [1.807, 2.05) is 12.1 Å². The van der Waals surface area contributed by atoms with Crippen molar-refractivity contribution in [3.63, 3.8) is 0 Å². The molecule has 1 aromatic rings. The van der Waals surface area contributed by atoms with E-state index in [1.54, 1.807) is 13.0 Å². The third kappa shape index (κ3) is 2.02. The fraction of sp³-hybridized carbons (Fsp3) is 0.600. The number of rotatable bonds is 1. The SMILES string of the molecule is CC(=O)[C@H]1CCC2C3CCc4cc(O)ccc4C3C(=O)C[C@@]21C. The Bertz CT molecular complexity index is 692. The minimum absolute atomic E-state index is 0.0249. The third-order valence-corrected chi connectivity index (χ3v) is 6.96. The van der Waals surface area contributed by atoms with Crippen molar-refractivity contribution in [2.45, 2.75) is 51.9 Å². The van der Waals surface area contributed by atoms with Gasteiger partial charge < -0.3 is 5.11 Å². The molecule has 0 heterocycles. The summed E-state index contributed by atoms with van der Waals surface area (Å²) in [5.74, 6) is 1.70. The summed E-state index contributed by atoms with van der Waals surface area (Å²) >= 11 is 0. The highest BCUT2D eigenvalue weighted by Gasteiger charge is 2.58. The van der Waals surface area contributed by atoms with Crippen molar-refractivity contribution < 1.29 is 14.7 Å². The molecule has 3 unspecified atom stereocenters. The Morgan fingerprint density at radius 1 is 1.26 bits per heavy atom. The number of ketones is 2. The van der Waals surface area contributed by atoms with Gasteiger partial charge in [-0.05, 0) is 73.1 Å². The van der Waals surface area contributed by atoms with Crippen LogP contribution in [-0.2, 0) is 16.0 Å². The zero-order valence-electron chi connectivity index (χ0n) is 13.8.